The number of benzene rings is 2. The van der Waals surface area contributed by atoms with E-state index < -0.39 is 0 Å². The zero-order chi connectivity index (χ0) is 18.8. The Hall–Kier alpha value is -3.06. The number of carbonyl (C=O) groups excluding carboxylic acids is 1. The van der Waals surface area contributed by atoms with Crippen LogP contribution in [0.2, 0.25) is 0 Å². The Morgan fingerprint density at radius 2 is 1.59 bits per heavy atom. The van der Waals surface area contributed by atoms with Crippen molar-refractivity contribution in [3.63, 3.8) is 0 Å². The predicted octanol–water partition coefficient (Wildman–Crippen LogP) is 2.93. The molecule has 27 heavy (non-hydrogen) atoms. The van der Waals surface area contributed by atoms with Crippen LogP contribution in [0.1, 0.15) is 10.4 Å². The van der Waals surface area contributed by atoms with Crippen LogP contribution in [0.3, 0.4) is 0 Å². The molecule has 138 valence electrons. The number of halogens is 1. The molecule has 0 spiro atoms. The van der Waals surface area contributed by atoms with Crippen LogP contribution in [-0.2, 0) is 0 Å². The van der Waals surface area contributed by atoms with Crippen molar-refractivity contribution in [2.45, 2.75) is 0 Å². The molecule has 3 aromatic rings. The number of rotatable bonds is 3. The monoisotopic (exact) mass is 366 g/mol. The topological polar surface area (TPSA) is 62.5 Å². The Bertz CT molecular complexity index is 929. The first-order valence-corrected chi connectivity index (χ1v) is 8.78. The molecular formula is C20H19FN4O2. The fourth-order valence-corrected chi connectivity index (χ4v) is 3.00. The lowest BCUT2D eigenvalue weighted by Crippen LogP contribution is -2.47. The number of likely N-dealkylation sites (N-methyl/N-ethyl adjacent to an activating group) is 1. The van der Waals surface area contributed by atoms with Crippen LogP contribution in [0.15, 0.2) is 53.1 Å². The van der Waals surface area contributed by atoms with Gasteiger partial charge in [0.1, 0.15) is 5.82 Å². The maximum absolute atomic E-state index is 13.0. The molecule has 0 N–H and O–H groups in total. The molecule has 0 atom stereocenters. The van der Waals surface area contributed by atoms with E-state index in [1.165, 1.54) is 12.1 Å². The van der Waals surface area contributed by atoms with Gasteiger partial charge in [0, 0.05) is 42.9 Å². The molecule has 2 aromatic carbocycles. The van der Waals surface area contributed by atoms with Crippen LogP contribution in [0.4, 0.5) is 4.39 Å². The van der Waals surface area contributed by atoms with Crippen molar-refractivity contribution < 1.29 is 13.7 Å². The van der Waals surface area contributed by atoms with E-state index in [1.807, 2.05) is 4.90 Å². The van der Waals surface area contributed by atoms with Crippen molar-refractivity contribution in [2.24, 2.45) is 0 Å². The predicted molar refractivity (Wildman–Crippen MR) is 98.5 cm³/mol. The summed E-state index contributed by atoms with van der Waals surface area (Å²) in [5, 5.41) is 3.94. The van der Waals surface area contributed by atoms with Crippen LogP contribution in [0.5, 0.6) is 0 Å². The first-order valence-electron chi connectivity index (χ1n) is 8.78. The first-order chi connectivity index (χ1) is 13.1. The second kappa shape index (κ2) is 7.28. The molecule has 1 aliphatic rings. The highest BCUT2D eigenvalue weighted by molar-refractivity contribution is 5.94. The van der Waals surface area contributed by atoms with Crippen molar-refractivity contribution in [1.82, 2.24) is 19.9 Å². The van der Waals surface area contributed by atoms with Gasteiger partial charge in [0.2, 0.25) is 5.82 Å². The molecule has 0 bridgehead atoms. The van der Waals surface area contributed by atoms with Crippen molar-refractivity contribution in [3.05, 3.63) is 59.9 Å². The third-order valence-corrected chi connectivity index (χ3v) is 4.70. The van der Waals surface area contributed by atoms with Crippen molar-refractivity contribution in [1.29, 1.82) is 0 Å². The van der Waals surface area contributed by atoms with E-state index >= 15 is 0 Å². The highest BCUT2D eigenvalue weighted by Gasteiger charge is 2.20. The number of hydrogen-bond acceptors (Lipinski definition) is 5. The fourth-order valence-electron chi connectivity index (χ4n) is 3.00. The fraction of sp³-hybridized carbons (Fsp3) is 0.250. The normalized spacial score (nSPS) is 15.1. The molecule has 1 amide bonds. The molecule has 6 nitrogen and oxygen atoms in total. The average Bonchev–Trinajstić information content (AvgIpc) is 3.19. The minimum absolute atomic E-state index is 0.0344. The quantitative estimate of drug-likeness (QED) is 0.713. The summed E-state index contributed by atoms with van der Waals surface area (Å²) in [5.41, 5.74) is 2.04. The highest BCUT2D eigenvalue weighted by atomic mass is 19.1. The lowest BCUT2D eigenvalue weighted by Gasteiger charge is -2.32. The minimum Gasteiger partial charge on any atom is -0.336 e. The zero-order valence-corrected chi connectivity index (χ0v) is 14.9. The van der Waals surface area contributed by atoms with E-state index in [9.17, 15) is 9.18 Å². The number of amides is 1. The van der Waals surface area contributed by atoms with Crippen LogP contribution < -0.4 is 0 Å². The van der Waals surface area contributed by atoms with Gasteiger partial charge in [0.05, 0.1) is 0 Å². The van der Waals surface area contributed by atoms with Crippen LogP contribution in [0.25, 0.3) is 22.8 Å². The Labute approximate surface area is 156 Å². The molecule has 7 heteroatoms. The van der Waals surface area contributed by atoms with Gasteiger partial charge in [-0.2, -0.15) is 4.98 Å². The van der Waals surface area contributed by atoms with E-state index in [0.717, 1.165) is 31.7 Å². The van der Waals surface area contributed by atoms with Crippen LogP contribution in [-0.4, -0.2) is 59.1 Å². The van der Waals surface area contributed by atoms with E-state index in [4.69, 9.17) is 4.52 Å². The molecule has 0 radical (unpaired) electrons. The Balaban J connectivity index is 1.49. The molecule has 0 saturated carbocycles. The van der Waals surface area contributed by atoms with Crippen LogP contribution in [0, 0.1) is 5.82 Å². The van der Waals surface area contributed by atoms with Gasteiger partial charge in [-0.15, -0.1) is 0 Å². The summed E-state index contributed by atoms with van der Waals surface area (Å²) in [7, 11) is 2.06. The van der Waals surface area contributed by atoms with Gasteiger partial charge in [-0.1, -0.05) is 5.16 Å². The number of piperazine rings is 1. The summed E-state index contributed by atoms with van der Waals surface area (Å²) in [6.07, 6.45) is 0. The van der Waals surface area contributed by atoms with Crippen molar-refractivity contribution in [2.75, 3.05) is 33.2 Å². The molecule has 1 aromatic heterocycles. The van der Waals surface area contributed by atoms with E-state index in [2.05, 4.69) is 22.1 Å². The summed E-state index contributed by atoms with van der Waals surface area (Å²) in [6.45, 7) is 3.25. The third kappa shape index (κ3) is 3.73. The summed E-state index contributed by atoms with van der Waals surface area (Å²) < 4.78 is 18.3. The Morgan fingerprint density at radius 3 is 2.26 bits per heavy atom. The van der Waals surface area contributed by atoms with Crippen molar-refractivity contribution >= 4 is 5.91 Å². The zero-order valence-electron chi connectivity index (χ0n) is 14.9. The Kier molecular flexibility index (Phi) is 4.68. The number of aromatic nitrogens is 2. The molecular weight excluding hydrogens is 347 g/mol. The third-order valence-electron chi connectivity index (χ3n) is 4.70. The van der Waals surface area contributed by atoms with Gasteiger partial charge in [-0.25, -0.2) is 4.39 Å². The maximum Gasteiger partial charge on any atom is 0.258 e. The standard InChI is InChI=1S/C20H19FN4O2/c1-24-10-12-25(13-11-24)20(26)16-4-2-15(3-5-16)19-22-18(23-27-19)14-6-8-17(21)9-7-14/h2-9H,10-13H2,1H3. The molecule has 1 aliphatic heterocycles. The Morgan fingerprint density at radius 1 is 0.963 bits per heavy atom. The molecule has 0 aliphatic carbocycles. The minimum atomic E-state index is -0.317. The van der Waals surface area contributed by atoms with Gasteiger partial charge in [0.15, 0.2) is 0 Å². The van der Waals surface area contributed by atoms with Gasteiger partial charge < -0.3 is 14.3 Å². The van der Waals surface area contributed by atoms with Gasteiger partial charge in [-0.3, -0.25) is 4.79 Å². The summed E-state index contributed by atoms with van der Waals surface area (Å²) in [4.78, 5) is 21.0. The van der Waals surface area contributed by atoms with Gasteiger partial charge >= 0.3 is 0 Å². The number of hydrogen-bond donors (Lipinski definition) is 0. The van der Waals surface area contributed by atoms with E-state index in [0.29, 0.717) is 22.8 Å². The largest absolute Gasteiger partial charge is 0.336 e. The second-order valence-corrected chi connectivity index (χ2v) is 6.60. The summed E-state index contributed by atoms with van der Waals surface area (Å²) >= 11 is 0. The lowest BCUT2D eigenvalue weighted by atomic mass is 10.1. The van der Waals surface area contributed by atoms with Crippen LogP contribution >= 0.6 is 0 Å². The molecule has 0 unspecified atom stereocenters. The smallest absolute Gasteiger partial charge is 0.258 e. The highest BCUT2D eigenvalue weighted by Crippen LogP contribution is 2.23. The molecule has 4 rings (SSSR count). The molecule has 1 saturated heterocycles. The average molecular weight is 366 g/mol. The first kappa shape index (κ1) is 17.4. The summed E-state index contributed by atoms with van der Waals surface area (Å²) in [6, 6.07) is 13.0. The maximum atomic E-state index is 13.0. The SMILES string of the molecule is CN1CCN(C(=O)c2ccc(-c3nc(-c4ccc(F)cc4)no3)cc2)CC1. The lowest BCUT2D eigenvalue weighted by molar-refractivity contribution is 0.0664. The van der Waals surface area contributed by atoms with Crippen molar-refractivity contribution in [3.8, 4) is 22.8 Å². The molecule has 2 heterocycles. The van der Waals surface area contributed by atoms with E-state index in [-0.39, 0.29) is 11.7 Å². The van der Waals surface area contributed by atoms with Gasteiger partial charge in [0.25, 0.3) is 11.8 Å². The summed E-state index contributed by atoms with van der Waals surface area (Å²) in [5.74, 6) is 0.464. The number of carbonyl (C=O) groups is 1. The van der Waals surface area contributed by atoms with Gasteiger partial charge in [-0.05, 0) is 55.6 Å². The molecule has 1 fully saturated rings. The second-order valence-electron chi connectivity index (χ2n) is 6.60. The van der Waals surface area contributed by atoms with E-state index in [1.54, 1.807) is 36.4 Å². The number of nitrogens with zero attached hydrogens (tertiary/aromatic N) is 4.